The molecule has 0 spiro atoms. The zero-order chi connectivity index (χ0) is 11.4. The molecule has 1 aromatic heterocycles. The molecule has 0 aliphatic carbocycles. The minimum absolute atomic E-state index is 0.153. The summed E-state index contributed by atoms with van der Waals surface area (Å²) in [6, 6.07) is 4.67. The van der Waals surface area contributed by atoms with Gasteiger partial charge >= 0.3 is 0 Å². The Kier molecular flexibility index (Phi) is 4.38. The van der Waals surface area contributed by atoms with Crippen LogP contribution in [0.15, 0.2) is 17.5 Å². The molecule has 2 unspecified atom stereocenters. The fourth-order valence-corrected chi connectivity index (χ4v) is 3.25. The third-order valence-corrected chi connectivity index (χ3v) is 4.33. The Bertz CT molecular complexity index is 299. The number of piperidine rings is 1. The molecule has 1 aliphatic rings. The lowest BCUT2D eigenvalue weighted by molar-refractivity contribution is 0.0201. The predicted octanol–water partition coefficient (Wildman–Crippen LogP) is 2.87. The quantitative estimate of drug-likeness (QED) is 0.873. The molecule has 0 radical (unpaired) electrons. The van der Waals surface area contributed by atoms with E-state index in [2.05, 4.69) is 29.3 Å². The summed E-state index contributed by atoms with van der Waals surface area (Å²) in [6.07, 6.45) is 4.41. The maximum absolute atomic E-state index is 10.0. The normalized spacial score (nSPS) is 24.5. The molecular weight excluding hydrogens is 218 g/mol. The van der Waals surface area contributed by atoms with Crippen molar-refractivity contribution in [2.24, 2.45) is 0 Å². The molecule has 1 N–H and O–H groups in total. The molecule has 1 aliphatic heterocycles. The van der Waals surface area contributed by atoms with Crippen LogP contribution in [0.2, 0.25) is 0 Å². The van der Waals surface area contributed by atoms with Gasteiger partial charge in [-0.3, -0.25) is 4.90 Å². The Balaban J connectivity index is 1.99. The van der Waals surface area contributed by atoms with Gasteiger partial charge in [0.15, 0.2) is 0 Å². The summed E-state index contributed by atoms with van der Waals surface area (Å²) < 4.78 is 0. The molecule has 1 fully saturated rings. The van der Waals surface area contributed by atoms with Gasteiger partial charge in [0.1, 0.15) is 0 Å². The lowest BCUT2D eigenvalue weighted by Gasteiger charge is -2.38. The van der Waals surface area contributed by atoms with Crippen LogP contribution in [0.5, 0.6) is 0 Å². The number of hydrogen-bond donors (Lipinski definition) is 1. The second-order valence-electron chi connectivity index (χ2n) is 4.59. The smallest absolute Gasteiger partial charge is 0.0692 e. The Morgan fingerprint density at radius 3 is 3.12 bits per heavy atom. The van der Waals surface area contributed by atoms with Gasteiger partial charge in [0, 0.05) is 17.5 Å². The van der Waals surface area contributed by atoms with Gasteiger partial charge in [0.05, 0.1) is 6.10 Å². The number of nitrogens with zero attached hydrogens (tertiary/aromatic N) is 1. The average molecular weight is 239 g/mol. The molecule has 0 saturated carbocycles. The van der Waals surface area contributed by atoms with Crippen molar-refractivity contribution in [3.8, 4) is 0 Å². The first-order valence-corrected chi connectivity index (χ1v) is 7.13. The standard InChI is InChI=1S/C13H21NOS/c1-2-13(15)12-7-3-4-8-14(12)10-11-6-5-9-16-11/h5-6,9,12-13,15H,2-4,7-8,10H2,1H3. The lowest BCUT2D eigenvalue weighted by atomic mass is 9.96. The van der Waals surface area contributed by atoms with Crippen molar-refractivity contribution in [2.75, 3.05) is 6.54 Å². The van der Waals surface area contributed by atoms with E-state index < -0.39 is 0 Å². The SMILES string of the molecule is CCC(O)C1CCCCN1Cc1cccs1. The van der Waals surface area contributed by atoms with E-state index in [0.29, 0.717) is 6.04 Å². The molecular formula is C13H21NOS. The van der Waals surface area contributed by atoms with Gasteiger partial charge in [-0.15, -0.1) is 11.3 Å². The molecule has 2 heterocycles. The third kappa shape index (κ3) is 2.84. The predicted molar refractivity (Wildman–Crippen MR) is 68.7 cm³/mol. The molecule has 1 aromatic rings. The second kappa shape index (κ2) is 5.80. The van der Waals surface area contributed by atoms with Gasteiger partial charge in [0.2, 0.25) is 0 Å². The first-order chi connectivity index (χ1) is 7.81. The van der Waals surface area contributed by atoms with Crippen LogP contribution in [0.3, 0.4) is 0 Å². The largest absolute Gasteiger partial charge is 0.392 e. The molecule has 2 atom stereocenters. The maximum Gasteiger partial charge on any atom is 0.0692 e. The van der Waals surface area contributed by atoms with Crippen LogP contribution < -0.4 is 0 Å². The molecule has 0 aromatic carbocycles. The van der Waals surface area contributed by atoms with Crippen molar-refractivity contribution in [2.45, 2.75) is 51.3 Å². The highest BCUT2D eigenvalue weighted by Crippen LogP contribution is 2.24. The van der Waals surface area contributed by atoms with E-state index in [1.54, 1.807) is 0 Å². The van der Waals surface area contributed by atoms with Crippen LogP contribution in [0.25, 0.3) is 0 Å². The number of aliphatic hydroxyl groups is 1. The summed E-state index contributed by atoms with van der Waals surface area (Å²) in [7, 11) is 0. The van der Waals surface area contributed by atoms with Crippen molar-refractivity contribution >= 4 is 11.3 Å². The van der Waals surface area contributed by atoms with Crippen molar-refractivity contribution in [1.82, 2.24) is 4.90 Å². The van der Waals surface area contributed by atoms with E-state index in [9.17, 15) is 5.11 Å². The van der Waals surface area contributed by atoms with Crippen molar-refractivity contribution in [3.05, 3.63) is 22.4 Å². The van der Waals surface area contributed by atoms with Crippen molar-refractivity contribution in [3.63, 3.8) is 0 Å². The highest BCUT2D eigenvalue weighted by Gasteiger charge is 2.27. The summed E-state index contributed by atoms with van der Waals surface area (Å²) >= 11 is 1.81. The summed E-state index contributed by atoms with van der Waals surface area (Å²) in [6.45, 7) is 4.22. The molecule has 16 heavy (non-hydrogen) atoms. The van der Waals surface area contributed by atoms with Crippen LogP contribution in [0.1, 0.15) is 37.5 Å². The number of likely N-dealkylation sites (tertiary alicyclic amines) is 1. The van der Waals surface area contributed by atoms with Crippen LogP contribution in [0.4, 0.5) is 0 Å². The monoisotopic (exact) mass is 239 g/mol. The fraction of sp³-hybridized carbons (Fsp3) is 0.692. The Morgan fingerprint density at radius 1 is 1.56 bits per heavy atom. The van der Waals surface area contributed by atoms with E-state index in [-0.39, 0.29) is 6.10 Å². The van der Waals surface area contributed by atoms with Gasteiger partial charge < -0.3 is 5.11 Å². The van der Waals surface area contributed by atoms with Gasteiger partial charge in [-0.05, 0) is 37.3 Å². The summed E-state index contributed by atoms with van der Waals surface area (Å²) in [4.78, 5) is 3.87. The second-order valence-corrected chi connectivity index (χ2v) is 5.62. The summed E-state index contributed by atoms with van der Waals surface area (Å²) in [5, 5.41) is 12.2. The van der Waals surface area contributed by atoms with E-state index in [4.69, 9.17) is 0 Å². The van der Waals surface area contributed by atoms with E-state index in [1.165, 1.54) is 17.7 Å². The summed E-state index contributed by atoms with van der Waals surface area (Å²) in [5.41, 5.74) is 0. The van der Waals surface area contributed by atoms with Gasteiger partial charge in [-0.25, -0.2) is 0 Å². The Labute approximate surface area is 102 Å². The zero-order valence-electron chi connectivity index (χ0n) is 9.93. The van der Waals surface area contributed by atoms with Crippen LogP contribution in [0, 0.1) is 0 Å². The minimum Gasteiger partial charge on any atom is -0.392 e. The molecule has 2 nitrogen and oxygen atoms in total. The van der Waals surface area contributed by atoms with Crippen LogP contribution >= 0.6 is 11.3 Å². The molecule has 2 rings (SSSR count). The number of hydrogen-bond acceptors (Lipinski definition) is 3. The molecule has 0 amide bonds. The molecule has 0 bridgehead atoms. The van der Waals surface area contributed by atoms with E-state index >= 15 is 0 Å². The topological polar surface area (TPSA) is 23.5 Å². The number of aliphatic hydroxyl groups excluding tert-OH is 1. The van der Waals surface area contributed by atoms with E-state index in [0.717, 1.165) is 25.9 Å². The highest BCUT2D eigenvalue weighted by molar-refractivity contribution is 7.09. The van der Waals surface area contributed by atoms with Gasteiger partial charge in [-0.1, -0.05) is 19.4 Å². The van der Waals surface area contributed by atoms with E-state index in [1.807, 2.05) is 11.3 Å². The Morgan fingerprint density at radius 2 is 2.44 bits per heavy atom. The first kappa shape index (κ1) is 12.1. The summed E-state index contributed by atoms with van der Waals surface area (Å²) in [5.74, 6) is 0. The third-order valence-electron chi connectivity index (χ3n) is 3.47. The molecule has 1 saturated heterocycles. The average Bonchev–Trinajstić information content (AvgIpc) is 2.82. The highest BCUT2D eigenvalue weighted by atomic mass is 32.1. The van der Waals surface area contributed by atoms with Crippen molar-refractivity contribution in [1.29, 1.82) is 0 Å². The van der Waals surface area contributed by atoms with Gasteiger partial charge in [0.25, 0.3) is 0 Å². The first-order valence-electron chi connectivity index (χ1n) is 6.25. The Hall–Kier alpha value is -0.380. The number of thiophene rings is 1. The number of rotatable bonds is 4. The fourth-order valence-electron chi connectivity index (χ4n) is 2.52. The minimum atomic E-state index is -0.153. The molecule has 90 valence electrons. The maximum atomic E-state index is 10.0. The zero-order valence-corrected chi connectivity index (χ0v) is 10.7. The molecule has 3 heteroatoms. The van der Waals surface area contributed by atoms with Crippen LogP contribution in [-0.4, -0.2) is 28.7 Å². The van der Waals surface area contributed by atoms with Crippen molar-refractivity contribution < 1.29 is 5.11 Å². The van der Waals surface area contributed by atoms with Gasteiger partial charge in [-0.2, -0.15) is 0 Å². The van der Waals surface area contributed by atoms with Crippen LogP contribution in [-0.2, 0) is 6.54 Å². The lowest BCUT2D eigenvalue weighted by Crippen LogP contribution is -2.45.